The normalized spacial score (nSPS) is 11.6. The molecule has 0 fully saturated rings. The maximum Gasteiger partial charge on any atom is 0.0674 e. The highest BCUT2D eigenvalue weighted by molar-refractivity contribution is 5.63. The number of benzene rings is 2. The molecule has 1 unspecified atom stereocenters. The number of hydrogen-bond donors (Lipinski definition) is 0. The van der Waals surface area contributed by atoms with Crippen LogP contribution in [-0.4, -0.2) is 6.54 Å². The Balaban J connectivity index is 2.28. The van der Waals surface area contributed by atoms with E-state index in [9.17, 15) is 5.26 Å². The summed E-state index contributed by atoms with van der Waals surface area (Å²) >= 11 is 0. The van der Waals surface area contributed by atoms with Crippen LogP contribution in [0.2, 0.25) is 0 Å². The summed E-state index contributed by atoms with van der Waals surface area (Å²) in [5, 5.41) is 9.32. The smallest absolute Gasteiger partial charge is 0.0674 e. The van der Waals surface area contributed by atoms with Crippen LogP contribution in [0.5, 0.6) is 0 Å². The average Bonchev–Trinajstić information content (AvgIpc) is 2.53. The summed E-state index contributed by atoms with van der Waals surface area (Å²) in [5.74, 6) is 0.0559. The number of anilines is 2. The maximum absolute atomic E-state index is 9.32. The van der Waals surface area contributed by atoms with Crippen LogP contribution in [0.1, 0.15) is 19.8 Å². The highest BCUT2D eigenvalue weighted by Gasteiger charge is 2.15. The molecular formula is C18H20N2. The first-order chi connectivity index (χ1) is 9.85. The van der Waals surface area contributed by atoms with Gasteiger partial charge in [-0.2, -0.15) is 5.26 Å². The van der Waals surface area contributed by atoms with Gasteiger partial charge in [-0.3, -0.25) is 0 Å². The lowest BCUT2D eigenvalue weighted by Crippen LogP contribution is -2.24. The van der Waals surface area contributed by atoms with E-state index in [4.69, 9.17) is 0 Å². The maximum atomic E-state index is 9.32. The van der Waals surface area contributed by atoms with Crippen molar-refractivity contribution in [2.24, 2.45) is 5.92 Å². The average molecular weight is 264 g/mol. The summed E-state index contributed by atoms with van der Waals surface area (Å²) in [5.41, 5.74) is 2.27. The lowest BCUT2D eigenvalue weighted by molar-refractivity contribution is 0.595. The van der Waals surface area contributed by atoms with Crippen molar-refractivity contribution in [3.63, 3.8) is 0 Å². The number of nitriles is 1. The molecule has 2 aromatic carbocycles. The molecule has 2 rings (SSSR count). The lowest BCUT2D eigenvalue weighted by Gasteiger charge is -2.27. The van der Waals surface area contributed by atoms with Gasteiger partial charge in [0, 0.05) is 17.9 Å². The summed E-state index contributed by atoms with van der Waals surface area (Å²) < 4.78 is 0. The molecule has 0 aliphatic carbocycles. The topological polar surface area (TPSA) is 27.0 Å². The Bertz CT molecular complexity index is 503. The quantitative estimate of drug-likeness (QED) is 0.751. The van der Waals surface area contributed by atoms with Crippen LogP contribution < -0.4 is 4.90 Å². The summed E-state index contributed by atoms with van der Waals surface area (Å²) in [6.07, 6.45) is 1.97. The minimum atomic E-state index is 0.0559. The highest BCUT2D eigenvalue weighted by Crippen LogP contribution is 2.26. The van der Waals surface area contributed by atoms with Crippen molar-refractivity contribution in [1.82, 2.24) is 0 Å². The van der Waals surface area contributed by atoms with E-state index in [0.717, 1.165) is 30.8 Å². The third-order valence-corrected chi connectivity index (χ3v) is 3.36. The minimum absolute atomic E-state index is 0.0559. The highest BCUT2D eigenvalue weighted by atomic mass is 15.1. The van der Waals surface area contributed by atoms with E-state index in [0.29, 0.717) is 0 Å². The van der Waals surface area contributed by atoms with Crippen molar-refractivity contribution in [2.75, 3.05) is 11.4 Å². The van der Waals surface area contributed by atoms with Crippen molar-refractivity contribution in [3.05, 3.63) is 60.7 Å². The Morgan fingerprint density at radius 2 is 1.45 bits per heavy atom. The number of hydrogen-bond acceptors (Lipinski definition) is 2. The van der Waals surface area contributed by atoms with Gasteiger partial charge in [0.1, 0.15) is 0 Å². The molecule has 2 heteroatoms. The van der Waals surface area contributed by atoms with Crippen LogP contribution in [0.3, 0.4) is 0 Å². The molecule has 0 aliphatic rings. The second-order valence-electron chi connectivity index (χ2n) is 4.90. The van der Waals surface area contributed by atoms with Crippen molar-refractivity contribution < 1.29 is 0 Å². The van der Waals surface area contributed by atoms with Gasteiger partial charge in [0.25, 0.3) is 0 Å². The Hall–Kier alpha value is -2.27. The summed E-state index contributed by atoms with van der Waals surface area (Å²) in [7, 11) is 0. The predicted octanol–water partition coefficient (Wildman–Crippen LogP) is 4.76. The minimum Gasteiger partial charge on any atom is -0.340 e. The molecule has 2 aromatic rings. The second-order valence-corrected chi connectivity index (χ2v) is 4.90. The molecule has 0 amide bonds. The molecule has 2 nitrogen and oxygen atoms in total. The van der Waals surface area contributed by atoms with Gasteiger partial charge >= 0.3 is 0 Å². The molecule has 0 aromatic heterocycles. The fourth-order valence-electron chi connectivity index (χ4n) is 2.34. The van der Waals surface area contributed by atoms with E-state index in [1.165, 1.54) is 0 Å². The molecule has 0 saturated carbocycles. The molecule has 102 valence electrons. The van der Waals surface area contributed by atoms with Gasteiger partial charge in [-0.25, -0.2) is 0 Å². The van der Waals surface area contributed by atoms with E-state index in [1.807, 2.05) is 36.4 Å². The summed E-state index contributed by atoms with van der Waals surface area (Å²) in [6, 6.07) is 23.0. The molecule has 0 bridgehead atoms. The zero-order valence-corrected chi connectivity index (χ0v) is 11.9. The molecular weight excluding hydrogens is 244 g/mol. The van der Waals surface area contributed by atoms with Crippen molar-refractivity contribution >= 4 is 11.4 Å². The summed E-state index contributed by atoms with van der Waals surface area (Å²) in [4.78, 5) is 2.23. The largest absolute Gasteiger partial charge is 0.340 e. The fraction of sp³-hybridized carbons (Fsp3) is 0.278. The van der Waals surface area contributed by atoms with Crippen LogP contribution in [0, 0.1) is 17.2 Å². The third-order valence-electron chi connectivity index (χ3n) is 3.36. The van der Waals surface area contributed by atoms with Crippen LogP contribution in [-0.2, 0) is 0 Å². The van der Waals surface area contributed by atoms with Crippen LogP contribution in [0.15, 0.2) is 60.7 Å². The van der Waals surface area contributed by atoms with E-state index in [2.05, 4.69) is 42.2 Å². The van der Waals surface area contributed by atoms with Gasteiger partial charge in [-0.15, -0.1) is 0 Å². The van der Waals surface area contributed by atoms with E-state index in [-0.39, 0.29) is 5.92 Å². The Morgan fingerprint density at radius 1 is 0.950 bits per heavy atom. The molecule has 0 saturated heterocycles. The number of rotatable bonds is 6. The zero-order valence-electron chi connectivity index (χ0n) is 11.9. The van der Waals surface area contributed by atoms with E-state index < -0.39 is 0 Å². The van der Waals surface area contributed by atoms with Crippen LogP contribution in [0.25, 0.3) is 0 Å². The van der Waals surface area contributed by atoms with Gasteiger partial charge in [0.05, 0.1) is 12.0 Å². The Labute approximate surface area is 121 Å². The standard InChI is InChI=1S/C18H20N2/c1-2-9-16(14-19)15-20(17-10-5-3-6-11-17)18-12-7-4-8-13-18/h3-8,10-13,16H,2,9,15H2,1H3. The van der Waals surface area contributed by atoms with Gasteiger partial charge in [-0.1, -0.05) is 49.7 Å². The van der Waals surface area contributed by atoms with Gasteiger partial charge < -0.3 is 4.90 Å². The Kier molecular flexibility index (Phi) is 5.20. The number of nitrogens with zero attached hydrogens (tertiary/aromatic N) is 2. The van der Waals surface area contributed by atoms with Crippen LogP contribution in [0.4, 0.5) is 11.4 Å². The van der Waals surface area contributed by atoms with Crippen molar-refractivity contribution in [2.45, 2.75) is 19.8 Å². The fourth-order valence-corrected chi connectivity index (χ4v) is 2.34. The molecule has 20 heavy (non-hydrogen) atoms. The van der Waals surface area contributed by atoms with E-state index in [1.54, 1.807) is 0 Å². The second kappa shape index (κ2) is 7.35. The van der Waals surface area contributed by atoms with Crippen LogP contribution >= 0.6 is 0 Å². The Morgan fingerprint density at radius 3 is 1.85 bits per heavy atom. The number of para-hydroxylation sites is 2. The van der Waals surface area contributed by atoms with Crippen molar-refractivity contribution in [3.8, 4) is 6.07 Å². The lowest BCUT2D eigenvalue weighted by atomic mass is 10.0. The first kappa shape index (κ1) is 14.1. The SMILES string of the molecule is CCCC(C#N)CN(c1ccccc1)c1ccccc1. The van der Waals surface area contributed by atoms with E-state index >= 15 is 0 Å². The molecule has 0 spiro atoms. The predicted molar refractivity (Wildman–Crippen MR) is 83.9 cm³/mol. The van der Waals surface area contributed by atoms with Gasteiger partial charge in [0.2, 0.25) is 0 Å². The molecule has 1 atom stereocenters. The molecule has 0 aliphatic heterocycles. The summed E-state index contributed by atoms with van der Waals surface area (Å²) in [6.45, 7) is 2.86. The molecule has 0 heterocycles. The van der Waals surface area contributed by atoms with Gasteiger partial charge in [-0.05, 0) is 30.7 Å². The first-order valence-electron chi connectivity index (χ1n) is 7.12. The monoisotopic (exact) mass is 264 g/mol. The molecule has 0 N–H and O–H groups in total. The zero-order chi connectivity index (χ0) is 14.2. The third kappa shape index (κ3) is 3.61. The van der Waals surface area contributed by atoms with Crippen molar-refractivity contribution in [1.29, 1.82) is 5.26 Å². The molecule has 0 radical (unpaired) electrons. The first-order valence-corrected chi connectivity index (χ1v) is 7.12. The van der Waals surface area contributed by atoms with Gasteiger partial charge in [0.15, 0.2) is 0 Å².